The molecule has 0 aromatic carbocycles. The molecule has 0 unspecified atom stereocenters. The molecule has 0 aliphatic rings. The van der Waals surface area contributed by atoms with Crippen LogP contribution in [0.3, 0.4) is 0 Å². The predicted octanol–water partition coefficient (Wildman–Crippen LogP) is 2.30. The minimum Gasteiger partial charge on any atom is -0.270 e. The molecule has 0 saturated carbocycles. The van der Waals surface area contributed by atoms with Crippen LogP contribution in [0.5, 0.6) is 0 Å². The van der Waals surface area contributed by atoms with E-state index in [-0.39, 0.29) is 2.06 Å². The Morgan fingerprint density at radius 2 is 1.31 bits per heavy atom. The van der Waals surface area contributed by atoms with E-state index in [4.69, 9.17) is 0 Å². The third-order valence-electron chi connectivity index (χ3n) is 1.74. The minimum absolute atomic E-state index is 0.214. The van der Waals surface area contributed by atoms with Crippen molar-refractivity contribution < 1.29 is 4.57 Å². The van der Waals surface area contributed by atoms with E-state index in [1.807, 2.05) is 39.9 Å². The van der Waals surface area contributed by atoms with Crippen molar-refractivity contribution in [1.82, 2.24) is 14.0 Å². The molecule has 0 aliphatic heterocycles. The molecule has 0 aromatic heterocycles. The predicted molar refractivity (Wildman–Crippen MR) is 74.6 cm³/mol. The van der Waals surface area contributed by atoms with Crippen LogP contribution in [0.15, 0.2) is 0 Å². The van der Waals surface area contributed by atoms with Gasteiger partial charge in [0.2, 0.25) is 0 Å². The highest BCUT2D eigenvalue weighted by Gasteiger charge is 2.35. The molecular weight excluding hydrogens is 415 g/mol. The second kappa shape index (κ2) is 5.60. The Morgan fingerprint density at radius 1 is 1.00 bits per heavy atom. The fraction of sp³-hybridized carbons (Fsp3) is 1.00. The Bertz CT molecular complexity index is 198. The number of nitrogens with zero attached hydrogens (tertiary/aromatic N) is 3. The summed E-state index contributed by atoms with van der Waals surface area (Å²) in [5.74, 6) is 0. The molecule has 13 heavy (non-hydrogen) atoms. The van der Waals surface area contributed by atoms with Gasteiger partial charge in [-0.25, -0.2) is 14.0 Å². The number of rotatable bonds is 4. The number of halogens is 2. The maximum absolute atomic E-state index is 12.5. The molecule has 0 fully saturated rings. The zero-order valence-corrected chi connectivity index (χ0v) is 13.7. The van der Waals surface area contributed by atoms with Crippen LogP contribution in [0.2, 0.25) is 0 Å². The highest BCUT2D eigenvalue weighted by Crippen LogP contribution is 2.54. The average Bonchev–Trinajstić information content (AvgIpc) is 2.00. The Labute approximate surface area is 108 Å². The van der Waals surface area contributed by atoms with Crippen molar-refractivity contribution in [2.45, 2.75) is 2.06 Å². The minimum atomic E-state index is -2.53. The van der Waals surface area contributed by atoms with Gasteiger partial charge >= 0.3 is 0 Å². The first-order chi connectivity index (χ1) is 5.74. The van der Waals surface area contributed by atoms with E-state index in [2.05, 4.69) is 45.2 Å². The van der Waals surface area contributed by atoms with Crippen LogP contribution in [0.25, 0.3) is 0 Å². The van der Waals surface area contributed by atoms with Crippen LogP contribution in [0, 0.1) is 0 Å². The fourth-order valence-corrected chi connectivity index (χ4v) is 5.05. The summed E-state index contributed by atoms with van der Waals surface area (Å²) in [5, 5.41) is 0. The van der Waals surface area contributed by atoms with Crippen LogP contribution >= 0.6 is 52.8 Å². The molecule has 0 radical (unpaired) electrons. The van der Waals surface area contributed by atoms with Gasteiger partial charge in [0, 0.05) is 0 Å². The van der Waals surface area contributed by atoms with Gasteiger partial charge in [0.25, 0.3) is 7.59 Å². The summed E-state index contributed by atoms with van der Waals surface area (Å²) in [7, 11) is 6.71. The Balaban J connectivity index is 4.92. The summed E-state index contributed by atoms with van der Waals surface area (Å²) in [4.78, 5) is 0. The monoisotopic (exact) mass is 431 g/mol. The Kier molecular flexibility index (Phi) is 6.27. The first-order valence-corrected chi connectivity index (χ1v) is 7.77. The van der Waals surface area contributed by atoms with Crippen LogP contribution in [-0.2, 0) is 4.57 Å². The summed E-state index contributed by atoms with van der Waals surface area (Å²) in [6, 6.07) is 0. The Hall–Kier alpha value is 1.57. The van der Waals surface area contributed by atoms with Gasteiger partial charge in [0.05, 0.1) is 0 Å². The lowest BCUT2D eigenvalue weighted by Crippen LogP contribution is -2.34. The smallest absolute Gasteiger partial charge is 0.270 e. The van der Waals surface area contributed by atoms with Crippen molar-refractivity contribution in [3.8, 4) is 0 Å². The quantitative estimate of drug-likeness (QED) is 0.296. The van der Waals surface area contributed by atoms with E-state index in [1.165, 1.54) is 0 Å². The highest BCUT2D eigenvalue weighted by atomic mass is 127. The number of hydrogen-bond acceptors (Lipinski definition) is 1. The molecule has 0 rings (SSSR count). The topological polar surface area (TPSA) is 26.8 Å². The molecule has 0 spiro atoms. The fourth-order valence-electron chi connectivity index (χ4n) is 1.04. The summed E-state index contributed by atoms with van der Waals surface area (Å²) in [6.07, 6.45) is 0. The van der Waals surface area contributed by atoms with E-state index in [1.54, 1.807) is 9.34 Å². The zero-order chi connectivity index (χ0) is 10.8. The van der Waals surface area contributed by atoms with Crippen LogP contribution in [0.1, 0.15) is 0 Å². The lowest BCUT2D eigenvalue weighted by molar-refractivity contribution is 0.378. The van der Waals surface area contributed by atoms with Gasteiger partial charge in [0.15, 0.2) is 0 Å². The molecule has 7 heteroatoms. The molecule has 0 aromatic rings. The van der Waals surface area contributed by atoms with Gasteiger partial charge in [-0.2, -0.15) is 0 Å². The third-order valence-corrected chi connectivity index (χ3v) is 7.43. The molecule has 4 nitrogen and oxygen atoms in total. The number of alkyl halides is 2. The molecule has 0 saturated heterocycles. The lowest BCUT2D eigenvalue weighted by Gasteiger charge is -2.37. The molecule has 0 N–H and O–H groups in total. The van der Waals surface area contributed by atoms with Crippen LogP contribution < -0.4 is 0 Å². The van der Waals surface area contributed by atoms with Crippen molar-refractivity contribution in [2.24, 2.45) is 0 Å². The van der Waals surface area contributed by atoms with Gasteiger partial charge in [-0.15, -0.1) is 0 Å². The molecule has 0 amide bonds. The molecule has 0 aliphatic carbocycles. The summed E-state index contributed by atoms with van der Waals surface area (Å²) in [6.45, 7) is 0. The van der Waals surface area contributed by atoms with Crippen molar-refractivity contribution in [3.63, 3.8) is 0 Å². The summed E-state index contributed by atoms with van der Waals surface area (Å²) >= 11 is 4.49. The van der Waals surface area contributed by atoms with E-state index in [0.717, 1.165) is 0 Å². The van der Waals surface area contributed by atoms with Gasteiger partial charge < -0.3 is 0 Å². The standard InChI is InChI=1S/C6H16I2N3OP/c1-9(2)13(12,10(3)4)11(5)6(7)8/h6H,1-5H3. The van der Waals surface area contributed by atoms with Crippen molar-refractivity contribution in [1.29, 1.82) is 0 Å². The largest absolute Gasteiger partial charge is 0.287 e. The summed E-state index contributed by atoms with van der Waals surface area (Å²) < 4.78 is 18.2. The second-order valence-corrected chi connectivity index (χ2v) is 11.1. The van der Waals surface area contributed by atoms with E-state index >= 15 is 0 Å². The molecule has 80 valence electrons. The Morgan fingerprint density at radius 3 is 1.38 bits per heavy atom. The zero-order valence-electron chi connectivity index (χ0n) is 8.53. The SMILES string of the molecule is CN(C)P(=O)(N(C)C)N(C)C(I)I. The van der Waals surface area contributed by atoms with Crippen molar-refractivity contribution in [3.05, 3.63) is 0 Å². The first kappa shape index (κ1) is 14.6. The van der Waals surface area contributed by atoms with Gasteiger partial charge in [0.1, 0.15) is 2.06 Å². The van der Waals surface area contributed by atoms with Crippen molar-refractivity contribution >= 4 is 52.8 Å². The highest BCUT2D eigenvalue weighted by molar-refractivity contribution is 14.2. The molecular formula is C6H16I2N3OP. The number of hydrogen-bond donors (Lipinski definition) is 0. The summed E-state index contributed by atoms with van der Waals surface area (Å²) in [5.41, 5.74) is 0. The molecule has 0 atom stereocenters. The van der Waals surface area contributed by atoms with Gasteiger partial charge in [-0.05, 0) is 35.2 Å². The van der Waals surface area contributed by atoms with Crippen LogP contribution in [0.4, 0.5) is 0 Å². The van der Waals surface area contributed by atoms with Crippen molar-refractivity contribution in [2.75, 3.05) is 35.2 Å². The van der Waals surface area contributed by atoms with Gasteiger partial charge in [-0.3, -0.25) is 4.57 Å². The normalized spacial score (nSPS) is 13.8. The average molecular weight is 431 g/mol. The second-order valence-electron chi connectivity index (χ2n) is 3.06. The van der Waals surface area contributed by atoms with E-state index in [9.17, 15) is 4.57 Å². The van der Waals surface area contributed by atoms with E-state index < -0.39 is 7.59 Å². The van der Waals surface area contributed by atoms with Gasteiger partial charge in [-0.1, -0.05) is 45.2 Å². The maximum atomic E-state index is 12.5. The first-order valence-electron chi connectivity index (χ1n) is 3.71. The van der Waals surface area contributed by atoms with E-state index in [0.29, 0.717) is 0 Å². The lowest BCUT2D eigenvalue weighted by atomic mass is 11.2. The molecule has 0 heterocycles. The molecule has 0 bridgehead atoms. The maximum Gasteiger partial charge on any atom is 0.287 e. The van der Waals surface area contributed by atoms with Crippen LogP contribution in [-0.4, -0.2) is 51.3 Å². The third kappa shape index (κ3) is 3.27.